The van der Waals surface area contributed by atoms with Crippen molar-refractivity contribution in [3.63, 3.8) is 0 Å². The molecule has 0 atom stereocenters. The van der Waals surface area contributed by atoms with Gasteiger partial charge in [-0.2, -0.15) is 0 Å². The number of nitrogens with zero attached hydrogens (tertiary/aromatic N) is 1. The number of hydrogen-bond donors (Lipinski definition) is 0. The van der Waals surface area contributed by atoms with E-state index in [-0.39, 0.29) is 10.8 Å². The summed E-state index contributed by atoms with van der Waals surface area (Å²) < 4.78 is 22.9. The van der Waals surface area contributed by atoms with E-state index in [1.54, 1.807) is 17.0 Å². The highest BCUT2D eigenvalue weighted by molar-refractivity contribution is 8.13. The van der Waals surface area contributed by atoms with Gasteiger partial charge in [-0.3, -0.25) is 4.79 Å². The van der Waals surface area contributed by atoms with Crippen LogP contribution in [0.3, 0.4) is 0 Å². The van der Waals surface area contributed by atoms with Gasteiger partial charge in [0.25, 0.3) is 9.05 Å². The van der Waals surface area contributed by atoms with Crippen LogP contribution in [0.5, 0.6) is 0 Å². The summed E-state index contributed by atoms with van der Waals surface area (Å²) in [6, 6.07) is 4.83. The predicted octanol–water partition coefficient (Wildman–Crippen LogP) is 1.91. The molecule has 0 spiro atoms. The van der Waals surface area contributed by atoms with Gasteiger partial charge in [0.1, 0.15) is 0 Å². The lowest BCUT2D eigenvalue weighted by Crippen LogP contribution is -2.34. The summed E-state index contributed by atoms with van der Waals surface area (Å²) in [5.74, 6) is -0.0879. The van der Waals surface area contributed by atoms with E-state index in [0.717, 1.165) is 6.42 Å². The van der Waals surface area contributed by atoms with Crippen LogP contribution in [-0.2, 0) is 20.3 Å². The van der Waals surface area contributed by atoms with E-state index in [1.165, 1.54) is 13.0 Å². The average molecular weight is 274 g/mol. The SMILES string of the molecule is CC(=O)N1CCCc2c1cccc2S(=O)(=O)Cl. The molecule has 0 saturated heterocycles. The smallest absolute Gasteiger partial charge is 0.261 e. The van der Waals surface area contributed by atoms with Crippen molar-refractivity contribution in [1.29, 1.82) is 0 Å². The van der Waals surface area contributed by atoms with E-state index in [0.29, 0.717) is 24.2 Å². The number of carbonyl (C=O) groups is 1. The van der Waals surface area contributed by atoms with E-state index in [4.69, 9.17) is 10.7 Å². The molecule has 1 heterocycles. The zero-order chi connectivity index (χ0) is 12.6. The van der Waals surface area contributed by atoms with E-state index in [9.17, 15) is 13.2 Å². The van der Waals surface area contributed by atoms with Crippen molar-refractivity contribution in [1.82, 2.24) is 0 Å². The lowest BCUT2D eigenvalue weighted by atomic mass is 10.0. The van der Waals surface area contributed by atoms with Crippen molar-refractivity contribution in [2.45, 2.75) is 24.7 Å². The van der Waals surface area contributed by atoms with Gasteiger partial charge in [0.05, 0.1) is 4.90 Å². The highest BCUT2D eigenvalue weighted by atomic mass is 35.7. The molecular weight excluding hydrogens is 262 g/mol. The maximum absolute atomic E-state index is 11.5. The standard InChI is InChI=1S/C11H12ClNO3S/c1-8(14)13-7-3-4-9-10(13)5-2-6-11(9)17(12,15)16/h2,5-6H,3-4,7H2,1H3. The summed E-state index contributed by atoms with van der Waals surface area (Å²) in [6.45, 7) is 2.09. The zero-order valence-electron chi connectivity index (χ0n) is 9.31. The second kappa shape index (κ2) is 4.31. The van der Waals surface area contributed by atoms with Gasteiger partial charge in [-0.1, -0.05) is 6.07 Å². The maximum Gasteiger partial charge on any atom is 0.261 e. The van der Waals surface area contributed by atoms with Crippen molar-refractivity contribution >= 4 is 31.3 Å². The van der Waals surface area contributed by atoms with Crippen LogP contribution in [0.15, 0.2) is 23.1 Å². The van der Waals surface area contributed by atoms with Gasteiger partial charge in [-0.25, -0.2) is 8.42 Å². The first-order valence-electron chi connectivity index (χ1n) is 5.26. The van der Waals surface area contributed by atoms with E-state index in [2.05, 4.69) is 0 Å². The highest BCUT2D eigenvalue weighted by Crippen LogP contribution is 2.33. The molecule has 0 aliphatic carbocycles. The van der Waals surface area contributed by atoms with Gasteiger partial charge >= 0.3 is 0 Å². The Morgan fingerprint density at radius 1 is 1.41 bits per heavy atom. The molecule has 1 aliphatic rings. The molecule has 1 amide bonds. The number of halogens is 1. The zero-order valence-corrected chi connectivity index (χ0v) is 10.9. The first-order valence-corrected chi connectivity index (χ1v) is 7.57. The van der Waals surface area contributed by atoms with E-state index >= 15 is 0 Å². The number of benzene rings is 1. The van der Waals surface area contributed by atoms with Crippen LogP contribution >= 0.6 is 10.7 Å². The molecule has 0 bridgehead atoms. The third-order valence-electron chi connectivity index (χ3n) is 2.85. The van der Waals surface area contributed by atoms with Crippen molar-refractivity contribution in [2.24, 2.45) is 0 Å². The fraction of sp³-hybridized carbons (Fsp3) is 0.364. The van der Waals surface area contributed by atoms with Crippen molar-refractivity contribution in [2.75, 3.05) is 11.4 Å². The van der Waals surface area contributed by atoms with Crippen LogP contribution in [0.4, 0.5) is 5.69 Å². The minimum atomic E-state index is -3.76. The Balaban J connectivity index is 2.63. The Morgan fingerprint density at radius 3 is 2.71 bits per heavy atom. The minimum absolute atomic E-state index is 0.0879. The first-order chi connectivity index (χ1) is 7.91. The number of carbonyl (C=O) groups excluding carboxylic acids is 1. The molecule has 6 heteroatoms. The summed E-state index contributed by atoms with van der Waals surface area (Å²) >= 11 is 0. The van der Waals surface area contributed by atoms with Crippen LogP contribution in [0.25, 0.3) is 0 Å². The minimum Gasteiger partial charge on any atom is -0.312 e. The largest absolute Gasteiger partial charge is 0.312 e. The Hall–Kier alpha value is -1.07. The number of rotatable bonds is 1. The van der Waals surface area contributed by atoms with Gasteiger partial charge < -0.3 is 4.90 Å². The highest BCUT2D eigenvalue weighted by Gasteiger charge is 2.25. The van der Waals surface area contributed by atoms with Gasteiger partial charge in [0, 0.05) is 29.8 Å². The van der Waals surface area contributed by atoms with Gasteiger partial charge in [-0.05, 0) is 30.5 Å². The number of anilines is 1. The van der Waals surface area contributed by atoms with Crippen LogP contribution < -0.4 is 4.90 Å². The third-order valence-corrected chi connectivity index (χ3v) is 4.26. The molecule has 0 unspecified atom stereocenters. The average Bonchev–Trinajstić information content (AvgIpc) is 2.26. The monoisotopic (exact) mass is 273 g/mol. The normalized spacial score (nSPS) is 15.5. The van der Waals surface area contributed by atoms with Crippen LogP contribution in [-0.4, -0.2) is 20.9 Å². The molecule has 0 saturated carbocycles. The Morgan fingerprint density at radius 2 is 2.12 bits per heavy atom. The van der Waals surface area contributed by atoms with Gasteiger partial charge in [-0.15, -0.1) is 0 Å². The second-order valence-electron chi connectivity index (χ2n) is 3.97. The Kier molecular flexibility index (Phi) is 3.14. The second-order valence-corrected chi connectivity index (χ2v) is 6.50. The molecule has 4 nitrogen and oxygen atoms in total. The number of hydrogen-bond acceptors (Lipinski definition) is 3. The number of fused-ring (bicyclic) bond motifs is 1. The van der Waals surface area contributed by atoms with Crippen LogP contribution in [0.1, 0.15) is 18.9 Å². The fourth-order valence-electron chi connectivity index (χ4n) is 2.15. The van der Waals surface area contributed by atoms with Gasteiger partial charge in [0.2, 0.25) is 5.91 Å². The summed E-state index contributed by atoms with van der Waals surface area (Å²) in [4.78, 5) is 13.2. The van der Waals surface area contributed by atoms with Crippen molar-refractivity contribution < 1.29 is 13.2 Å². The molecule has 92 valence electrons. The molecule has 2 rings (SSSR count). The van der Waals surface area contributed by atoms with Gasteiger partial charge in [0.15, 0.2) is 0 Å². The molecule has 1 aromatic rings. The van der Waals surface area contributed by atoms with Crippen molar-refractivity contribution in [3.8, 4) is 0 Å². The molecule has 0 fully saturated rings. The van der Waals surface area contributed by atoms with Crippen LogP contribution in [0, 0.1) is 0 Å². The fourth-order valence-corrected chi connectivity index (χ4v) is 3.32. The summed E-state index contributed by atoms with van der Waals surface area (Å²) in [7, 11) is 1.63. The van der Waals surface area contributed by atoms with Crippen LogP contribution in [0.2, 0.25) is 0 Å². The van der Waals surface area contributed by atoms with E-state index in [1.807, 2.05) is 0 Å². The quantitative estimate of drug-likeness (QED) is 0.735. The van der Waals surface area contributed by atoms with Crippen molar-refractivity contribution in [3.05, 3.63) is 23.8 Å². The summed E-state index contributed by atoms with van der Waals surface area (Å²) in [6.07, 6.45) is 1.37. The predicted molar refractivity (Wildman–Crippen MR) is 65.8 cm³/mol. The molecule has 1 aliphatic heterocycles. The Bertz CT molecular complexity index is 568. The molecule has 0 aromatic heterocycles. The molecule has 1 aromatic carbocycles. The molecule has 17 heavy (non-hydrogen) atoms. The first kappa shape index (κ1) is 12.4. The van der Waals surface area contributed by atoms with E-state index < -0.39 is 9.05 Å². The maximum atomic E-state index is 11.5. The Labute approximate surface area is 105 Å². The topological polar surface area (TPSA) is 54.5 Å². The lowest BCUT2D eigenvalue weighted by molar-refractivity contribution is -0.116. The molecule has 0 N–H and O–H groups in total. The lowest BCUT2D eigenvalue weighted by Gasteiger charge is -2.29. The summed E-state index contributed by atoms with van der Waals surface area (Å²) in [5, 5.41) is 0. The summed E-state index contributed by atoms with van der Waals surface area (Å²) in [5.41, 5.74) is 1.30. The number of amides is 1. The molecule has 0 radical (unpaired) electrons. The third kappa shape index (κ3) is 2.30. The molecular formula is C11H12ClNO3S.